The monoisotopic (exact) mass is 253 g/mol. The summed E-state index contributed by atoms with van der Waals surface area (Å²) in [5, 5.41) is 8.46. The predicted octanol–water partition coefficient (Wildman–Crippen LogP) is 2.30. The second-order valence-corrected chi connectivity index (χ2v) is 4.79. The van der Waals surface area contributed by atoms with Crippen LogP contribution in [0.3, 0.4) is 0 Å². The molecular weight excluding hydrogens is 238 g/mol. The highest BCUT2D eigenvalue weighted by atomic mass is 15.3. The molecule has 2 heterocycles. The Morgan fingerprint density at radius 2 is 1.84 bits per heavy atom. The molecule has 3 aromatic rings. The number of fused-ring (bicyclic) bond motifs is 1. The first-order valence-corrected chi connectivity index (χ1v) is 6.11. The first-order valence-electron chi connectivity index (χ1n) is 6.11. The van der Waals surface area contributed by atoms with E-state index in [1.807, 2.05) is 36.4 Å². The molecule has 0 aliphatic heterocycles. The fourth-order valence-corrected chi connectivity index (χ4v) is 2.19. The molecule has 5 heteroatoms. The summed E-state index contributed by atoms with van der Waals surface area (Å²) in [7, 11) is 0. The maximum Gasteiger partial charge on any atom is 0.169 e. The van der Waals surface area contributed by atoms with Crippen molar-refractivity contribution >= 4 is 11.3 Å². The zero-order valence-corrected chi connectivity index (χ0v) is 11.2. The topological polar surface area (TPSA) is 69.1 Å². The molecule has 5 nitrogen and oxygen atoms in total. The third-order valence-electron chi connectivity index (χ3n) is 3.37. The number of aryl methyl sites for hydroxylation is 2. The maximum absolute atomic E-state index is 5.93. The molecule has 19 heavy (non-hydrogen) atoms. The van der Waals surface area contributed by atoms with Gasteiger partial charge < -0.3 is 5.73 Å². The van der Waals surface area contributed by atoms with Gasteiger partial charge in [0.25, 0.3) is 0 Å². The van der Waals surface area contributed by atoms with Crippen LogP contribution in [0.15, 0.2) is 24.5 Å². The Balaban J connectivity index is 2.31. The normalized spacial score (nSPS) is 11.1. The lowest BCUT2D eigenvalue weighted by molar-refractivity contribution is 1.04. The Labute approximate surface area is 111 Å². The number of rotatable bonds is 1. The van der Waals surface area contributed by atoms with Crippen molar-refractivity contribution in [2.45, 2.75) is 20.8 Å². The summed E-state index contributed by atoms with van der Waals surface area (Å²) in [5.74, 6) is 0.774. The third kappa shape index (κ3) is 1.83. The van der Waals surface area contributed by atoms with E-state index < -0.39 is 0 Å². The molecule has 96 valence electrons. The zero-order valence-electron chi connectivity index (χ0n) is 11.2. The Morgan fingerprint density at radius 3 is 2.63 bits per heavy atom. The average Bonchev–Trinajstić information content (AvgIpc) is 2.76. The lowest BCUT2D eigenvalue weighted by Gasteiger charge is -2.08. The molecule has 1 aromatic carbocycles. The molecule has 0 radical (unpaired) electrons. The second-order valence-electron chi connectivity index (χ2n) is 4.79. The van der Waals surface area contributed by atoms with Crippen molar-refractivity contribution in [2.24, 2.45) is 0 Å². The highest BCUT2D eigenvalue weighted by molar-refractivity contribution is 5.69. The van der Waals surface area contributed by atoms with Gasteiger partial charge in [0.15, 0.2) is 11.5 Å². The predicted molar refractivity (Wildman–Crippen MR) is 74.8 cm³/mol. The summed E-state index contributed by atoms with van der Waals surface area (Å²) in [5.41, 5.74) is 11.7. The molecule has 0 aliphatic rings. The van der Waals surface area contributed by atoms with Crippen LogP contribution < -0.4 is 5.73 Å². The summed E-state index contributed by atoms with van der Waals surface area (Å²) in [4.78, 5) is 4.29. The number of hydrogen-bond donors (Lipinski definition) is 1. The lowest BCUT2D eigenvalue weighted by Crippen LogP contribution is -1.97. The van der Waals surface area contributed by atoms with Gasteiger partial charge in [-0.3, -0.25) is 4.40 Å². The Bertz CT molecular complexity index is 773. The van der Waals surface area contributed by atoms with E-state index in [1.165, 1.54) is 0 Å². The fourth-order valence-electron chi connectivity index (χ4n) is 2.19. The van der Waals surface area contributed by atoms with Crippen LogP contribution in [0.25, 0.3) is 17.0 Å². The molecule has 0 amide bonds. The number of aromatic nitrogens is 4. The van der Waals surface area contributed by atoms with E-state index >= 15 is 0 Å². The highest BCUT2D eigenvalue weighted by Crippen LogP contribution is 2.27. The quantitative estimate of drug-likeness (QED) is 0.676. The first-order chi connectivity index (χ1) is 9.06. The van der Waals surface area contributed by atoms with E-state index in [0.29, 0.717) is 0 Å². The van der Waals surface area contributed by atoms with E-state index in [2.05, 4.69) is 22.1 Å². The molecule has 0 saturated heterocycles. The summed E-state index contributed by atoms with van der Waals surface area (Å²) in [6, 6.07) is 5.80. The number of hydrogen-bond acceptors (Lipinski definition) is 4. The van der Waals surface area contributed by atoms with Gasteiger partial charge in [-0.2, -0.15) is 0 Å². The number of anilines is 1. The molecule has 0 saturated carbocycles. The van der Waals surface area contributed by atoms with Crippen LogP contribution in [0.2, 0.25) is 0 Å². The van der Waals surface area contributed by atoms with Crippen LogP contribution in [0.5, 0.6) is 0 Å². The summed E-state index contributed by atoms with van der Waals surface area (Å²) in [6.45, 7) is 6.04. The van der Waals surface area contributed by atoms with Crippen LogP contribution >= 0.6 is 0 Å². The van der Waals surface area contributed by atoms with E-state index in [-0.39, 0.29) is 0 Å². The van der Waals surface area contributed by atoms with Crippen molar-refractivity contribution in [1.29, 1.82) is 0 Å². The van der Waals surface area contributed by atoms with Crippen LogP contribution in [0.1, 0.15) is 16.8 Å². The van der Waals surface area contributed by atoms with Crippen LogP contribution in [-0.2, 0) is 0 Å². The van der Waals surface area contributed by atoms with Crippen molar-refractivity contribution in [3.05, 3.63) is 41.3 Å². The van der Waals surface area contributed by atoms with Gasteiger partial charge >= 0.3 is 0 Å². The Kier molecular flexibility index (Phi) is 2.48. The molecule has 2 aromatic heterocycles. The van der Waals surface area contributed by atoms with E-state index in [9.17, 15) is 0 Å². The zero-order chi connectivity index (χ0) is 13.6. The van der Waals surface area contributed by atoms with Gasteiger partial charge in [-0.15, -0.1) is 10.2 Å². The van der Waals surface area contributed by atoms with Crippen molar-refractivity contribution in [3.63, 3.8) is 0 Å². The first kappa shape index (κ1) is 11.6. The summed E-state index contributed by atoms with van der Waals surface area (Å²) >= 11 is 0. The highest BCUT2D eigenvalue weighted by Gasteiger charge is 2.12. The largest absolute Gasteiger partial charge is 0.399 e. The third-order valence-corrected chi connectivity index (χ3v) is 3.37. The Hall–Kier alpha value is -2.43. The molecule has 3 rings (SSSR count). The minimum Gasteiger partial charge on any atom is -0.399 e. The van der Waals surface area contributed by atoms with Crippen molar-refractivity contribution in [1.82, 2.24) is 19.6 Å². The van der Waals surface area contributed by atoms with Gasteiger partial charge in [-0.05, 0) is 44.0 Å². The maximum atomic E-state index is 5.93. The van der Waals surface area contributed by atoms with E-state index in [0.717, 1.165) is 39.5 Å². The molecule has 0 fully saturated rings. The van der Waals surface area contributed by atoms with Gasteiger partial charge in [0.1, 0.15) is 6.33 Å². The molecule has 0 unspecified atom stereocenters. The molecule has 0 spiro atoms. The average molecular weight is 253 g/mol. The smallest absolute Gasteiger partial charge is 0.169 e. The van der Waals surface area contributed by atoms with Gasteiger partial charge in [0, 0.05) is 23.0 Å². The Morgan fingerprint density at radius 1 is 1.05 bits per heavy atom. The summed E-state index contributed by atoms with van der Waals surface area (Å²) < 4.78 is 1.88. The second kappa shape index (κ2) is 4.05. The van der Waals surface area contributed by atoms with Crippen LogP contribution in [0.4, 0.5) is 5.69 Å². The summed E-state index contributed by atoms with van der Waals surface area (Å²) in [6.07, 6.45) is 1.75. The molecule has 0 bridgehead atoms. The van der Waals surface area contributed by atoms with Gasteiger partial charge in [-0.25, -0.2) is 4.98 Å². The number of benzene rings is 1. The van der Waals surface area contributed by atoms with Crippen molar-refractivity contribution in [2.75, 3.05) is 5.73 Å². The van der Waals surface area contributed by atoms with Crippen LogP contribution in [-0.4, -0.2) is 19.6 Å². The van der Waals surface area contributed by atoms with Gasteiger partial charge in [-0.1, -0.05) is 0 Å². The van der Waals surface area contributed by atoms with Crippen molar-refractivity contribution in [3.8, 4) is 11.4 Å². The minimum atomic E-state index is 0.731. The number of nitrogens with two attached hydrogens (primary N) is 1. The van der Waals surface area contributed by atoms with E-state index in [4.69, 9.17) is 5.73 Å². The van der Waals surface area contributed by atoms with Gasteiger partial charge in [0.2, 0.25) is 0 Å². The van der Waals surface area contributed by atoms with Crippen LogP contribution in [0, 0.1) is 20.8 Å². The standard InChI is InChI=1S/C14H15N5/c1-8-4-11(15)6-12(10(8)3)14-18-17-13-5-9(2)16-7-19(13)14/h4-7H,15H2,1-3H3. The van der Waals surface area contributed by atoms with E-state index in [1.54, 1.807) is 6.33 Å². The molecular formula is C14H15N5. The number of nitrogens with zero attached hydrogens (tertiary/aromatic N) is 4. The number of nitrogen functional groups attached to an aromatic ring is 1. The lowest BCUT2D eigenvalue weighted by atomic mass is 10.0. The molecule has 0 atom stereocenters. The minimum absolute atomic E-state index is 0.731. The molecule has 0 aliphatic carbocycles. The van der Waals surface area contributed by atoms with Crippen molar-refractivity contribution < 1.29 is 0 Å². The molecule has 2 N–H and O–H groups in total. The SMILES string of the molecule is Cc1cc2nnc(-c3cc(N)cc(C)c3C)n2cn1. The fraction of sp³-hybridized carbons (Fsp3) is 0.214. The van der Waals surface area contributed by atoms with Gasteiger partial charge in [0.05, 0.1) is 0 Å².